The van der Waals surface area contributed by atoms with Crippen molar-refractivity contribution in [3.05, 3.63) is 58.6 Å². The topological polar surface area (TPSA) is 91.7 Å². The fourth-order valence-electron chi connectivity index (χ4n) is 3.21. The van der Waals surface area contributed by atoms with Gasteiger partial charge >= 0.3 is 0 Å². The van der Waals surface area contributed by atoms with Crippen LogP contribution in [0.3, 0.4) is 0 Å². The highest BCUT2D eigenvalue weighted by molar-refractivity contribution is 5.81. The molecule has 3 rings (SSSR count). The minimum absolute atomic E-state index is 0.0824. The molecule has 1 N–H and O–H groups in total. The van der Waals surface area contributed by atoms with E-state index in [1.165, 1.54) is 25.1 Å². The van der Waals surface area contributed by atoms with Gasteiger partial charge in [0.1, 0.15) is 12.4 Å². The van der Waals surface area contributed by atoms with Crippen molar-refractivity contribution in [2.75, 3.05) is 27.4 Å². The van der Waals surface area contributed by atoms with Gasteiger partial charge in [-0.15, -0.1) is 0 Å². The average Bonchev–Trinajstić information content (AvgIpc) is 2.77. The van der Waals surface area contributed by atoms with Gasteiger partial charge in [-0.1, -0.05) is 12.1 Å². The van der Waals surface area contributed by atoms with Crippen LogP contribution < -0.4 is 25.1 Å². The van der Waals surface area contributed by atoms with E-state index in [0.717, 1.165) is 11.3 Å². The van der Waals surface area contributed by atoms with E-state index in [4.69, 9.17) is 14.2 Å². The molecule has 1 amide bonds. The second kappa shape index (κ2) is 10.5. The normalized spacial score (nSPS) is 10.7. The van der Waals surface area contributed by atoms with Gasteiger partial charge in [-0.3, -0.25) is 14.2 Å². The van der Waals surface area contributed by atoms with E-state index in [0.29, 0.717) is 54.9 Å². The molecule has 8 nitrogen and oxygen atoms in total. The molecule has 0 saturated carbocycles. The fourth-order valence-corrected chi connectivity index (χ4v) is 3.21. The fraction of sp³-hybridized carbons (Fsp3) is 0.348. The number of amides is 1. The Balaban J connectivity index is 1.49. The first-order valence-electron chi connectivity index (χ1n) is 10.1. The van der Waals surface area contributed by atoms with Gasteiger partial charge in [0.15, 0.2) is 11.5 Å². The van der Waals surface area contributed by atoms with Crippen molar-refractivity contribution >= 4 is 16.8 Å². The molecule has 0 atom stereocenters. The molecule has 1 heterocycles. The van der Waals surface area contributed by atoms with Crippen LogP contribution in [0, 0.1) is 6.92 Å². The molecule has 0 aliphatic rings. The largest absolute Gasteiger partial charge is 0.493 e. The van der Waals surface area contributed by atoms with Gasteiger partial charge in [0.05, 0.1) is 38.0 Å². The van der Waals surface area contributed by atoms with E-state index in [2.05, 4.69) is 10.3 Å². The molecule has 1 aromatic heterocycles. The maximum absolute atomic E-state index is 12.8. The minimum atomic E-state index is -0.182. The van der Waals surface area contributed by atoms with Crippen molar-refractivity contribution in [1.82, 2.24) is 14.9 Å². The smallest absolute Gasteiger partial charge is 0.261 e. The van der Waals surface area contributed by atoms with Gasteiger partial charge < -0.3 is 19.5 Å². The summed E-state index contributed by atoms with van der Waals surface area (Å²) in [6.07, 6.45) is 2.32. The molecule has 0 aliphatic heterocycles. The number of benzene rings is 2. The third-order valence-corrected chi connectivity index (χ3v) is 4.81. The number of carbonyl (C=O) groups is 1. The van der Waals surface area contributed by atoms with Gasteiger partial charge in [0.2, 0.25) is 5.91 Å². The number of aryl methyl sites for hydroxylation is 2. The summed E-state index contributed by atoms with van der Waals surface area (Å²) in [6.45, 7) is 3.21. The number of carbonyl (C=O) groups excluding carboxylic acids is 1. The summed E-state index contributed by atoms with van der Waals surface area (Å²) in [5, 5.41) is 3.27. The predicted octanol–water partition coefficient (Wildman–Crippen LogP) is 2.70. The molecular weight excluding hydrogens is 398 g/mol. The molecule has 0 saturated heterocycles. The molecule has 2 aromatic carbocycles. The zero-order valence-electron chi connectivity index (χ0n) is 18.0. The van der Waals surface area contributed by atoms with Crippen LogP contribution in [0.1, 0.15) is 18.4 Å². The van der Waals surface area contributed by atoms with Crippen LogP contribution in [0.25, 0.3) is 10.9 Å². The molecule has 0 radical (unpaired) electrons. The van der Waals surface area contributed by atoms with Crippen LogP contribution in [0.4, 0.5) is 0 Å². The SMILES string of the molecule is COc1cc2ncn(CCCC(=O)NCCOc3cccc(C)c3)c(=O)c2cc1OC. The third-order valence-electron chi connectivity index (χ3n) is 4.81. The second-order valence-electron chi connectivity index (χ2n) is 7.09. The minimum Gasteiger partial charge on any atom is -0.493 e. The maximum atomic E-state index is 12.8. The lowest BCUT2D eigenvalue weighted by molar-refractivity contribution is -0.121. The molecule has 31 heavy (non-hydrogen) atoms. The number of aromatic nitrogens is 2. The first-order valence-corrected chi connectivity index (χ1v) is 10.1. The molecule has 0 bridgehead atoms. The summed E-state index contributed by atoms with van der Waals surface area (Å²) in [4.78, 5) is 29.1. The number of nitrogens with one attached hydrogen (secondary N) is 1. The van der Waals surface area contributed by atoms with Gasteiger partial charge in [-0.25, -0.2) is 4.98 Å². The lowest BCUT2D eigenvalue weighted by atomic mass is 10.2. The van der Waals surface area contributed by atoms with E-state index < -0.39 is 0 Å². The monoisotopic (exact) mass is 425 g/mol. The third kappa shape index (κ3) is 5.75. The number of hydrogen-bond acceptors (Lipinski definition) is 6. The Hall–Kier alpha value is -3.55. The molecule has 0 unspecified atom stereocenters. The molecule has 164 valence electrons. The van der Waals surface area contributed by atoms with E-state index in [1.54, 1.807) is 12.1 Å². The number of fused-ring (bicyclic) bond motifs is 1. The van der Waals surface area contributed by atoms with Gasteiger partial charge in [-0.05, 0) is 37.1 Å². The van der Waals surface area contributed by atoms with Gasteiger partial charge in [-0.2, -0.15) is 0 Å². The van der Waals surface area contributed by atoms with Gasteiger partial charge in [0, 0.05) is 19.0 Å². The first kappa shape index (κ1) is 22.1. The number of nitrogens with zero attached hydrogens (tertiary/aromatic N) is 2. The van der Waals surface area contributed by atoms with Crippen molar-refractivity contribution in [2.45, 2.75) is 26.3 Å². The van der Waals surface area contributed by atoms with Crippen LogP contribution >= 0.6 is 0 Å². The van der Waals surface area contributed by atoms with Crippen LogP contribution in [0.5, 0.6) is 17.2 Å². The van der Waals surface area contributed by atoms with Crippen LogP contribution in [-0.4, -0.2) is 42.8 Å². The zero-order chi connectivity index (χ0) is 22.2. The lowest BCUT2D eigenvalue weighted by Crippen LogP contribution is -2.28. The Morgan fingerprint density at radius 1 is 1.13 bits per heavy atom. The quantitative estimate of drug-likeness (QED) is 0.502. The zero-order valence-corrected chi connectivity index (χ0v) is 18.0. The van der Waals surface area contributed by atoms with Crippen molar-refractivity contribution in [3.8, 4) is 17.2 Å². The van der Waals surface area contributed by atoms with Crippen molar-refractivity contribution in [2.24, 2.45) is 0 Å². The van der Waals surface area contributed by atoms with Crippen LogP contribution in [-0.2, 0) is 11.3 Å². The Morgan fingerprint density at radius 3 is 2.65 bits per heavy atom. The second-order valence-corrected chi connectivity index (χ2v) is 7.09. The van der Waals surface area contributed by atoms with Gasteiger partial charge in [0.25, 0.3) is 5.56 Å². The lowest BCUT2D eigenvalue weighted by Gasteiger charge is -2.11. The van der Waals surface area contributed by atoms with Crippen LogP contribution in [0.2, 0.25) is 0 Å². The highest BCUT2D eigenvalue weighted by atomic mass is 16.5. The standard InChI is InChI=1S/C23H27N3O5/c1-16-6-4-7-17(12-16)31-11-9-24-22(27)8-5-10-26-15-25-19-14-21(30-3)20(29-2)13-18(19)23(26)28/h4,6-7,12-15H,5,8-11H2,1-3H3,(H,24,27). The number of rotatable bonds is 10. The Bertz CT molecular complexity index is 1110. The van der Waals surface area contributed by atoms with Crippen LogP contribution in [0.15, 0.2) is 47.5 Å². The summed E-state index contributed by atoms with van der Waals surface area (Å²) in [7, 11) is 3.05. The Labute approximate surface area is 180 Å². The molecule has 8 heteroatoms. The molecule has 3 aromatic rings. The molecule has 0 fully saturated rings. The average molecular weight is 425 g/mol. The number of methoxy groups -OCH3 is 2. The van der Waals surface area contributed by atoms with E-state index in [-0.39, 0.29) is 11.5 Å². The number of ether oxygens (including phenoxy) is 3. The summed E-state index contributed by atoms with van der Waals surface area (Å²) in [5.74, 6) is 1.69. The summed E-state index contributed by atoms with van der Waals surface area (Å²) < 4.78 is 17.6. The maximum Gasteiger partial charge on any atom is 0.261 e. The Morgan fingerprint density at radius 2 is 1.90 bits per heavy atom. The molecular formula is C23H27N3O5. The van der Waals surface area contributed by atoms with E-state index in [9.17, 15) is 9.59 Å². The summed E-state index contributed by atoms with van der Waals surface area (Å²) >= 11 is 0. The first-order chi connectivity index (χ1) is 15.0. The van der Waals surface area contributed by atoms with Crippen molar-refractivity contribution in [1.29, 1.82) is 0 Å². The summed E-state index contributed by atoms with van der Waals surface area (Å²) in [5.41, 5.74) is 1.47. The molecule has 0 aliphatic carbocycles. The predicted molar refractivity (Wildman–Crippen MR) is 118 cm³/mol. The molecule has 0 spiro atoms. The number of hydrogen-bond donors (Lipinski definition) is 1. The Kier molecular flexibility index (Phi) is 7.48. The van der Waals surface area contributed by atoms with E-state index >= 15 is 0 Å². The summed E-state index contributed by atoms with van der Waals surface area (Å²) in [6, 6.07) is 11.1. The van der Waals surface area contributed by atoms with Crippen molar-refractivity contribution in [3.63, 3.8) is 0 Å². The highest BCUT2D eigenvalue weighted by Crippen LogP contribution is 2.29. The van der Waals surface area contributed by atoms with Crippen molar-refractivity contribution < 1.29 is 19.0 Å². The van der Waals surface area contributed by atoms with E-state index in [1.807, 2.05) is 31.2 Å². The highest BCUT2D eigenvalue weighted by Gasteiger charge is 2.11.